The quantitative estimate of drug-likeness (QED) is 0.506. The smallest absolute Gasteiger partial charge is 0.291 e. The third-order valence-corrected chi connectivity index (χ3v) is 4.59. The van der Waals surface area contributed by atoms with Gasteiger partial charge in [-0.3, -0.25) is 14.9 Å². The maximum Gasteiger partial charge on any atom is 0.291 e. The highest BCUT2D eigenvalue weighted by molar-refractivity contribution is 7.80. The van der Waals surface area contributed by atoms with Crippen LogP contribution >= 0.6 is 23.8 Å². The van der Waals surface area contributed by atoms with E-state index in [9.17, 15) is 9.59 Å². The number of amides is 2. The van der Waals surface area contributed by atoms with Crippen molar-refractivity contribution in [1.82, 2.24) is 5.32 Å². The van der Waals surface area contributed by atoms with Crippen molar-refractivity contribution in [3.05, 3.63) is 82.8 Å². The SMILES string of the molecule is CCc1ccc(C(=O)NC(=S)Nc2ccc(NC(=O)c3ccco3)c(Cl)c2)cc1. The van der Waals surface area contributed by atoms with Crippen molar-refractivity contribution in [3.8, 4) is 0 Å². The van der Waals surface area contributed by atoms with E-state index in [0.29, 0.717) is 22.0 Å². The molecule has 29 heavy (non-hydrogen) atoms. The van der Waals surface area contributed by atoms with Gasteiger partial charge in [-0.1, -0.05) is 30.7 Å². The zero-order chi connectivity index (χ0) is 20.8. The lowest BCUT2D eigenvalue weighted by Crippen LogP contribution is -2.34. The van der Waals surface area contributed by atoms with Crippen LogP contribution in [-0.2, 0) is 6.42 Å². The molecule has 0 aliphatic heterocycles. The molecule has 3 rings (SSSR count). The van der Waals surface area contributed by atoms with Crippen LogP contribution in [0.4, 0.5) is 11.4 Å². The van der Waals surface area contributed by atoms with E-state index in [2.05, 4.69) is 16.0 Å². The number of nitrogens with one attached hydrogen (secondary N) is 3. The van der Waals surface area contributed by atoms with Gasteiger partial charge in [-0.05, 0) is 66.7 Å². The second kappa shape index (κ2) is 9.36. The summed E-state index contributed by atoms with van der Waals surface area (Å²) in [5, 5.41) is 8.62. The van der Waals surface area contributed by atoms with Crippen LogP contribution in [0, 0.1) is 0 Å². The monoisotopic (exact) mass is 427 g/mol. The molecule has 0 unspecified atom stereocenters. The van der Waals surface area contributed by atoms with E-state index in [1.54, 1.807) is 42.5 Å². The van der Waals surface area contributed by atoms with Crippen LogP contribution < -0.4 is 16.0 Å². The molecular formula is C21H18ClN3O3S. The predicted molar refractivity (Wildman–Crippen MR) is 118 cm³/mol. The van der Waals surface area contributed by atoms with Crippen LogP contribution in [0.15, 0.2) is 65.3 Å². The average Bonchev–Trinajstić information content (AvgIpc) is 3.25. The molecule has 3 N–H and O–H groups in total. The van der Waals surface area contributed by atoms with Gasteiger partial charge < -0.3 is 15.1 Å². The van der Waals surface area contributed by atoms with Gasteiger partial charge in [0.15, 0.2) is 10.9 Å². The van der Waals surface area contributed by atoms with Crippen LogP contribution in [0.1, 0.15) is 33.4 Å². The number of hydrogen-bond acceptors (Lipinski definition) is 4. The summed E-state index contributed by atoms with van der Waals surface area (Å²) in [4.78, 5) is 24.3. The van der Waals surface area contributed by atoms with Crippen molar-refractivity contribution < 1.29 is 14.0 Å². The molecule has 2 aromatic carbocycles. The zero-order valence-electron chi connectivity index (χ0n) is 15.5. The van der Waals surface area contributed by atoms with Crippen LogP contribution in [0.25, 0.3) is 0 Å². The number of anilines is 2. The number of halogens is 1. The fourth-order valence-electron chi connectivity index (χ4n) is 2.52. The molecule has 0 saturated carbocycles. The third kappa shape index (κ3) is 5.43. The van der Waals surface area contributed by atoms with Gasteiger partial charge in [-0.25, -0.2) is 0 Å². The minimum atomic E-state index is -0.408. The molecule has 148 valence electrons. The van der Waals surface area contributed by atoms with E-state index < -0.39 is 5.91 Å². The second-order valence-corrected chi connectivity index (χ2v) is 6.90. The van der Waals surface area contributed by atoms with Gasteiger partial charge in [0, 0.05) is 11.3 Å². The highest BCUT2D eigenvalue weighted by Gasteiger charge is 2.12. The first-order valence-electron chi connectivity index (χ1n) is 8.82. The molecule has 0 spiro atoms. The summed E-state index contributed by atoms with van der Waals surface area (Å²) < 4.78 is 5.05. The fourth-order valence-corrected chi connectivity index (χ4v) is 2.95. The van der Waals surface area contributed by atoms with E-state index in [1.165, 1.54) is 6.26 Å². The molecule has 6 nitrogen and oxygen atoms in total. The molecule has 2 amide bonds. The average molecular weight is 428 g/mol. The Kier molecular flexibility index (Phi) is 6.64. The maximum absolute atomic E-state index is 12.3. The van der Waals surface area contributed by atoms with Crippen molar-refractivity contribution in [2.24, 2.45) is 0 Å². The van der Waals surface area contributed by atoms with E-state index in [4.69, 9.17) is 28.2 Å². The summed E-state index contributed by atoms with van der Waals surface area (Å²) in [5.74, 6) is -0.535. The highest BCUT2D eigenvalue weighted by Crippen LogP contribution is 2.26. The number of benzene rings is 2. The summed E-state index contributed by atoms with van der Waals surface area (Å²) in [6.45, 7) is 2.05. The Morgan fingerprint density at radius 1 is 1.03 bits per heavy atom. The molecular weight excluding hydrogens is 410 g/mol. The minimum absolute atomic E-state index is 0.137. The highest BCUT2D eigenvalue weighted by atomic mass is 35.5. The summed E-state index contributed by atoms with van der Waals surface area (Å²) in [6.07, 6.45) is 2.32. The van der Waals surface area contributed by atoms with Gasteiger partial charge in [-0.2, -0.15) is 0 Å². The number of furan rings is 1. The lowest BCUT2D eigenvalue weighted by atomic mass is 10.1. The van der Waals surface area contributed by atoms with Gasteiger partial charge >= 0.3 is 0 Å². The number of carbonyl (C=O) groups excluding carboxylic acids is 2. The standard InChI is InChI=1S/C21H18ClN3O3S/c1-2-13-5-7-14(8-6-13)19(26)25-21(29)23-15-9-10-17(16(22)12-15)24-20(27)18-4-3-11-28-18/h3-12H,2H2,1H3,(H,24,27)(H2,23,25,26,29). The maximum atomic E-state index is 12.3. The Morgan fingerprint density at radius 3 is 2.41 bits per heavy atom. The lowest BCUT2D eigenvalue weighted by Gasteiger charge is -2.12. The number of carbonyl (C=O) groups is 2. The number of rotatable bonds is 5. The normalized spacial score (nSPS) is 10.3. The lowest BCUT2D eigenvalue weighted by molar-refractivity contribution is 0.0975. The third-order valence-electron chi connectivity index (χ3n) is 4.07. The molecule has 0 aliphatic rings. The summed E-state index contributed by atoms with van der Waals surface area (Å²) in [6, 6.07) is 15.4. The van der Waals surface area contributed by atoms with Crippen molar-refractivity contribution in [2.75, 3.05) is 10.6 Å². The summed E-state index contributed by atoms with van der Waals surface area (Å²) in [5.41, 5.74) is 2.65. The molecule has 1 heterocycles. The largest absolute Gasteiger partial charge is 0.459 e. The van der Waals surface area contributed by atoms with Crippen LogP contribution in [-0.4, -0.2) is 16.9 Å². The van der Waals surface area contributed by atoms with Crippen molar-refractivity contribution in [2.45, 2.75) is 13.3 Å². The minimum Gasteiger partial charge on any atom is -0.459 e. The fraction of sp³-hybridized carbons (Fsp3) is 0.0952. The first kappa shape index (κ1) is 20.6. The van der Waals surface area contributed by atoms with Crippen molar-refractivity contribution in [1.29, 1.82) is 0 Å². The van der Waals surface area contributed by atoms with Crippen molar-refractivity contribution in [3.63, 3.8) is 0 Å². The number of thiocarbonyl (C=S) groups is 1. The summed E-state index contributed by atoms with van der Waals surface area (Å²) >= 11 is 11.4. The van der Waals surface area contributed by atoms with E-state index >= 15 is 0 Å². The molecule has 0 bridgehead atoms. The second-order valence-electron chi connectivity index (χ2n) is 6.08. The molecule has 0 atom stereocenters. The Morgan fingerprint density at radius 2 is 1.79 bits per heavy atom. The summed E-state index contributed by atoms with van der Waals surface area (Å²) in [7, 11) is 0. The number of aryl methyl sites for hydroxylation is 1. The molecule has 0 aliphatic carbocycles. The van der Waals surface area contributed by atoms with Crippen LogP contribution in [0.5, 0.6) is 0 Å². The first-order valence-corrected chi connectivity index (χ1v) is 9.60. The van der Waals surface area contributed by atoms with Gasteiger partial charge in [-0.15, -0.1) is 0 Å². The Balaban J connectivity index is 1.59. The van der Waals surface area contributed by atoms with Crippen LogP contribution in [0.3, 0.4) is 0 Å². The molecule has 0 saturated heterocycles. The van der Waals surface area contributed by atoms with Crippen LogP contribution in [0.2, 0.25) is 5.02 Å². The molecule has 8 heteroatoms. The molecule has 1 aromatic heterocycles. The van der Waals surface area contributed by atoms with E-state index in [0.717, 1.165) is 12.0 Å². The van der Waals surface area contributed by atoms with Crippen molar-refractivity contribution >= 4 is 52.1 Å². The first-order chi connectivity index (χ1) is 14.0. The van der Waals surface area contributed by atoms with E-state index in [1.807, 2.05) is 19.1 Å². The van der Waals surface area contributed by atoms with Gasteiger partial charge in [0.05, 0.1) is 17.0 Å². The van der Waals surface area contributed by atoms with E-state index in [-0.39, 0.29) is 16.8 Å². The van der Waals surface area contributed by atoms with Gasteiger partial charge in [0.1, 0.15) is 0 Å². The zero-order valence-corrected chi connectivity index (χ0v) is 17.1. The topological polar surface area (TPSA) is 83.4 Å². The molecule has 0 radical (unpaired) electrons. The number of hydrogen-bond donors (Lipinski definition) is 3. The molecule has 3 aromatic rings. The van der Waals surface area contributed by atoms with Gasteiger partial charge in [0.25, 0.3) is 11.8 Å². The Hall–Kier alpha value is -3.16. The molecule has 0 fully saturated rings. The van der Waals surface area contributed by atoms with Gasteiger partial charge in [0.2, 0.25) is 0 Å². The Labute approximate surface area is 178 Å². The predicted octanol–water partition coefficient (Wildman–Crippen LogP) is 4.87. The Bertz CT molecular complexity index is 1030.